The van der Waals surface area contributed by atoms with Crippen LogP contribution < -0.4 is 0 Å². The van der Waals surface area contributed by atoms with Gasteiger partial charge in [0.2, 0.25) is 0 Å². The third-order valence-electron chi connectivity index (χ3n) is 2.41. The number of aliphatic carboxylic acids is 1. The average Bonchev–Trinajstić information content (AvgIpc) is 1.62. The molecule has 0 aliphatic rings. The van der Waals surface area contributed by atoms with Crippen LogP contribution in [0.1, 0.15) is 37.5 Å². The van der Waals surface area contributed by atoms with Crippen molar-refractivity contribution in [3.05, 3.63) is 0 Å². The van der Waals surface area contributed by atoms with Crippen LogP contribution in [-0.4, -0.2) is 34.1 Å². The van der Waals surface area contributed by atoms with E-state index in [9.17, 15) is 4.79 Å². The fourth-order valence-corrected chi connectivity index (χ4v) is 0.321. The molecule has 0 bridgehead atoms. The van der Waals surface area contributed by atoms with Crippen LogP contribution in [0.4, 0.5) is 0 Å². The Kier molecular flexibility index (Phi) is 4.72. The number of hydrogen-bond acceptors (Lipinski definition) is 1. The Morgan fingerprint density at radius 1 is 1.18 bits per heavy atom. The second-order valence-corrected chi connectivity index (χ2v) is 4.18. The van der Waals surface area contributed by atoms with E-state index in [2.05, 4.69) is 0 Å². The summed E-state index contributed by atoms with van der Waals surface area (Å²) in [6, 6.07) is 0. The van der Waals surface area contributed by atoms with Gasteiger partial charge in [-0.05, 0) is 19.3 Å². The molecule has 0 atom stereocenters. The van der Waals surface area contributed by atoms with Gasteiger partial charge in [0.15, 0.2) is 0 Å². The Balaban J connectivity index is -0.000000135. The Morgan fingerprint density at radius 2 is 1.45 bits per heavy atom. The van der Waals surface area contributed by atoms with Crippen LogP contribution in [0.2, 0.25) is 0 Å². The van der Waals surface area contributed by atoms with Crippen molar-refractivity contribution in [2.75, 3.05) is 0 Å². The fraction of sp³-hybridized carbons (Fsp3) is 0.875. The molecule has 0 spiro atoms. The molecule has 0 saturated carbocycles. The summed E-state index contributed by atoms with van der Waals surface area (Å²) in [5.41, 5.74) is -0.828. The van der Waals surface area contributed by atoms with E-state index in [0.717, 1.165) is 0 Å². The van der Waals surface area contributed by atoms with Gasteiger partial charge < -0.3 is 7.96 Å². The monoisotopic (exact) mass is 170 g/mol. The molecular formula is C8H18MgO2. The predicted molar refractivity (Wildman–Crippen MR) is 48.8 cm³/mol. The summed E-state index contributed by atoms with van der Waals surface area (Å²) in [6.07, 6.45) is 0. The molecule has 0 fully saturated rings. The van der Waals surface area contributed by atoms with Gasteiger partial charge >= 0.3 is 29.0 Å². The van der Waals surface area contributed by atoms with Gasteiger partial charge in [-0.2, -0.15) is 0 Å². The summed E-state index contributed by atoms with van der Waals surface area (Å²) < 4.78 is 0. The first-order chi connectivity index (χ1) is 4.19. The van der Waals surface area contributed by atoms with E-state index in [1.54, 1.807) is 13.8 Å². The summed E-state index contributed by atoms with van der Waals surface area (Å²) in [7, 11) is 0. The van der Waals surface area contributed by atoms with Gasteiger partial charge in [0, 0.05) is 0 Å². The summed E-state index contributed by atoms with van der Waals surface area (Å²) in [5.74, 6) is -0.736. The maximum absolute atomic E-state index is 10.7. The quantitative estimate of drug-likeness (QED) is 0.611. The molecule has 64 valence electrons. The van der Waals surface area contributed by atoms with Gasteiger partial charge in [-0.3, -0.25) is 4.79 Å². The van der Waals surface area contributed by atoms with E-state index in [1.165, 1.54) is 0 Å². The van der Waals surface area contributed by atoms with E-state index < -0.39 is 11.4 Å². The number of carboxylic acids is 1. The van der Waals surface area contributed by atoms with E-state index in [1.807, 2.05) is 20.8 Å². The van der Waals surface area contributed by atoms with Crippen LogP contribution >= 0.6 is 0 Å². The van der Waals surface area contributed by atoms with Crippen molar-refractivity contribution in [2.45, 2.75) is 34.6 Å². The molecular weight excluding hydrogens is 152 g/mol. The van der Waals surface area contributed by atoms with E-state index >= 15 is 0 Å². The second-order valence-electron chi connectivity index (χ2n) is 4.18. The second kappa shape index (κ2) is 3.76. The SMILES string of the molecule is CC(C)(C)C(C)(C)C(=O)O.[H-].[H-].[Mg+2]. The van der Waals surface area contributed by atoms with Gasteiger partial charge in [0.05, 0.1) is 5.41 Å². The minimum atomic E-state index is -0.736. The first-order valence-corrected chi connectivity index (χ1v) is 3.43. The van der Waals surface area contributed by atoms with Crippen LogP contribution in [0.3, 0.4) is 0 Å². The minimum absolute atomic E-state index is 0. The smallest absolute Gasteiger partial charge is 1.00 e. The molecule has 0 aromatic heterocycles. The standard InChI is InChI=1S/C8H16O2.Mg.2H/c1-7(2,3)8(4,5)6(9)10;;;/h1-5H3,(H,9,10);;;/q;+2;2*-1. The Hall–Kier alpha value is 0.236. The number of carboxylic acid groups (broad SMARTS) is 1. The third-order valence-corrected chi connectivity index (χ3v) is 2.41. The van der Waals surface area contributed by atoms with Crippen molar-refractivity contribution in [1.29, 1.82) is 0 Å². The largest absolute Gasteiger partial charge is 2.00 e. The molecule has 0 rings (SSSR count). The summed E-state index contributed by atoms with van der Waals surface area (Å²) >= 11 is 0. The first kappa shape index (κ1) is 13.8. The zero-order valence-electron chi connectivity index (χ0n) is 10.1. The molecule has 2 nitrogen and oxygen atoms in total. The van der Waals surface area contributed by atoms with Crippen LogP contribution in [-0.2, 0) is 4.79 Å². The maximum Gasteiger partial charge on any atom is 2.00 e. The van der Waals surface area contributed by atoms with Gasteiger partial charge in [0.1, 0.15) is 0 Å². The molecule has 3 heteroatoms. The van der Waals surface area contributed by atoms with E-state index in [-0.39, 0.29) is 31.3 Å². The molecule has 0 aromatic rings. The predicted octanol–water partition coefficient (Wildman–Crippen LogP) is 1.99. The van der Waals surface area contributed by atoms with Crippen molar-refractivity contribution in [2.24, 2.45) is 10.8 Å². The van der Waals surface area contributed by atoms with Gasteiger partial charge in [-0.1, -0.05) is 20.8 Å². The van der Waals surface area contributed by atoms with Gasteiger partial charge in [-0.15, -0.1) is 0 Å². The Labute approximate surface area is 87.5 Å². The molecule has 0 aliphatic carbocycles. The fourth-order valence-electron chi connectivity index (χ4n) is 0.321. The van der Waals surface area contributed by atoms with Crippen molar-refractivity contribution in [3.8, 4) is 0 Å². The average molecular weight is 171 g/mol. The summed E-state index contributed by atoms with van der Waals surface area (Å²) in [4.78, 5) is 10.7. The van der Waals surface area contributed by atoms with Crippen molar-refractivity contribution < 1.29 is 12.8 Å². The first-order valence-electron chi connectivity index (χ1n) is 3.43. The van der Waals surface area contributed by atoms with Crippen LogP contribution in [0.25, 0.3) is 0 Å². The van der Waals surface area contributed by atoms with Crippen molar-refractivity contribution in [1.82, 2.24) is 0 Å². The zero-order chi connectivity index (χ0) is 8.58. The van der Waals surface area contributed by atoms with Gasteiger partial charge in [0.25, 0.3) is 0 Å². The van der Waals surface area contributed by atoms with Crippen LogP contribution in [0, 0.1) is 10.8 Å². The molecule has 0 unspecified atom stereocenters. The normalized spacial score (nSPS) is 12.1. The summed E-state index contributed by atoms with van der Waals surface area (Å²) in [6.45, 7) is 9.29. The number of rotatable bonds is 1. The Morgan fingerprint density at radius 3 is 1.45 bits per heavy atom. The number of hydrogen-bond donors (Lipinski definition) is 1. The van der Waals surface area contributed by atoms with Crippen molar-refractivity contribution >= 4 is 29.0 Å². The maximum atomic E-state index is 10.7. The summed E-state index contributed by atoms with van der Waals surface area (Å²) in [5, 5.41) is 8.78. The molecule has 0 aliphatic heterocycles. The molecule has 0 radical (unpaired) electrons. The molecule has 0 aromatic carbocycles. The third kappa shape index (κ3) is 2.99. The van der Waals surface area contributed by atoms with Crippen molar-refractivity contribution in [3.63, 3.8) is 0 Å². The zero-order valence-corrected chi connectivity index (χ0v) is 9.48. The molecule has 0 saturated heterocycles. The van der Waals surface area contributed by atoms with E-state index in [0.29, 0.717) is 0 Å². The molecule has 0 heterocycles. The van der Waals surface area contributed by atoms with Gasteiger partial charge in [-0.25, -0.2) is 0 Å². The van der Waals surface area contributed by atoms with E-state index in [4.69, 9.17) is 5.11 Å². The molecule has 1 N–H and O–H groups in total. The molecule has 0 amide bonds. The van der Waals surface area contributed by atoms with Crippen LogP contribution in [0.5, 0.6) is 0 Å². The molecule has 11 heavy (non-hydrogen) atoms. The Bertz CT molecular complexity index is 153. The van der Waals surface area contributed by atoms with Crippen LogP contribution in [0.15, 0.2) is 0 Å². The topological polar surface area (TPSA) is 37.3 Å². The minimum Gasteiger partial charge on any atom is -1.00 e. The number of carbonyl (C=O) groups is 1.